The number of benzene rings is 2. The van der Waals surface area contributed by atoms with Gasteiger partial charge in [0.1, 0.15) is 0 Å². The summed E-state index contributed by atoms with van der Waals surface area (Å²) in [6, 6.07) is 16.7. The van der Waals surface area contributed by atoms with Gasteiger partial charge in [-0.1, -0.05) is 73.9 Å². The Morgan fingerprint density at radius 3 is 2.33 bits per heavy atom. The molecule has 2 amide bonds. The van der Waals surface area contributed by atoms with Gasteiger partial charge in [0, 0.05) is 57.5 Å². The number of unbranched alkanes of at least 4 members (excludes halogenated alkanes) is 2. The molecule has 2 aromatic carbocycles. The van der Waals surface area contributed by atoms with E-state index in [0.29, 0.717) is 25.6 Å². The van der Waals surface area contributed by atoms with Crippen molar-refractivity contribution in [3.63, 3.8) is 0 Å². The van der Waals surface area contributed by atoms with Crippen molar-refractivity contribution in [2.24, 2.45) is 0 Å². The fourth-order valence-corrected chi connectivity index (χ4v) is 6.04. The molecule has 8 heteroatoms. The second-order valence-electron chi connectivity index (χ2n) is 11.8. The summed E-state index contributed by atoms with van der Waals surface area (Å²) in [6.07, 6.45) is 10.2. The van der Waals surface area contributed by atoms with Gasteiger partial charge in [-0.3, -0.25) is 14.5 Å². The minimum absolute atomic E-state index is 0.000903. The van der Waals surface area contributed by atoms with Crippen LogP contribution >= 0.6 is 0 Å². The summed E-state index contributed by atoms with van der Waals surface area (Å²) < 4.78 is 13.1. The van der Waals surface area contributed by atoms with E-state index in [4.69, 9.17) is 9.47 Å². The van der Waals surface area contributed by atoms with Gasteiger partial charge >= 0.3 is 0 Å². The van der Waals surface area contributed by atoms with Gasteiger partial charge in [-0.05, 0) is 42.4 Å². The zero-order valence-corrected chi connectivity index (χ0v) is 25.6. The average Bonchev–Trinajstić information content (AvgIpc) is 3.57. The van der Waals surface area contributed by atoms with Gasteiger partial charge < -0.3 is 25.2 Å². The first-order valence-corrected chi connectivity index (χ1v) is 15.9. The SMILES string of the molecule is C=CCN(C[C@H]1C[C@@H](c2ccc(CO)cc2)O[C@@H](c2ccc(CNC(=O)CCCCCNC(C)=O)cc2)O1)C1CCCC1. The van der Waals surface area contributed by atoms with Gasteiger partial charge in [-0.15, -0.1) is 6.58 Å². The summed E-state index contributed by atoms with van der Waals surface area (Å²) >= 11 is 0. The van der Waals surface area contributed by atoms with Crippen molar-refractivity contribution in [3.8, 4) is 0 Å². The fraction of sp³-hybridized carbons (Fsp3) is 0.543. The number of amides is 2. The number of hydrogen-bond donors (Lipinski definition) is 3. The van der Waals surface area contributed by atoms with Crippen molar-refractivity contribution >= 4 is 11.8 Å². The van der Waals surface area contributed by atoms with E-state index in [1.165, 1.54) is 32.6 Å². The molecular formula is C35H49N3O5. The molecule has 43 heavy (non-hydrogen) atoms. The zero-order valence-electron chi connectivity index (χ0n) is 25.6. The lowest BCUT2D eigenvalue weighted by atomic mass is 9.99. The van der Waals surface area contributed by atoms with E-state index in [1.54, 1.807) is 0 Å². The summed E-state index contributed by atoms with van der Waals surface area (Å²) in [5, 5.41) is 15.3. The highest BCUT2D eigenvalue weighted by Gasteiger charge is 2.34. The summed E-state index contributed by atoms with van der Waals surface area (Å²) in [5.74, 6) is 0.0137. The Hall–Kier alpha value is -3.04. The molecule has 3 N–H and O–H groups in total. The normalized spacial score (nSPS) is 20.7. The highest BCUT2D eigenvalue weighted by molar-refractivity contribution is 5.75. The van der Waals surface area contributed by atoms with Gasteiger partial charge in [0.05, 0.1) is 18.8 Å². The van der Waals surface area contributed by atoms with Gasteiger partial charge in [0.25, 0.3) is 0 Å². The minimum atomic E-state index is -0.503. The van der Waals surface area contributed by atoms with Gasteiger partial charge in [-0.25, -0.2) is 0 Å². The number of nitrogens with one attached hydrogen (secondary N) is 2. The van der Waals surface area contributed by atoms with E-state index in [1.807, 2.05) is 54.6 Å². The van der Waals surface area contributed by atoms with E-state index < -0.39 is 6.29 Å². The number of rotatable bonds is 16. The Labute approximate surface area is 256 Å². The first-order valence-electron chi connectivity index (χ1n) is 15.9. The fourth-order valence-electron chi connectivity index (χ4n) is 6.04. The largest absolute Gasteiger partial charge is 0.392 e. The molecule has 234 valence electrons. The quantitative estimate of drug-likeness (QED) is 0.177. The topological polar surface area (TPSA) is 100 Å². The molecule has 2 aliphatic rings. The number of aliphatic hydroxyl groups excluding tert-OH is 1. The molecule has 1 aliphatic heterocycles. The Morgan fingerprint density at radius 1 is 0.953 bits per heavy atom. The van der Waals surface area contributed by atoms with Crippen molar-refractivity contribution in [1.29, 1.82) is 0 Å². The lowest BCUT2D eigenvalue weighted by molar-refractivity contribution is -0.253. The lowest BCUT2D eigenvalue weighted by Gasteiger charge is -2.39. The van der Waals surface area contributed by atoms with Crippen molar-refractivity contribution < 1.29 is 24.2 Å². The number of carbonyl (C=O) groups is 2. The Balaban J connectivity index is 1.35. The summed E-state index contributed by atoms with van der Waals surface area (Å²) in [7, 11) is 0. The standard InChI is InChI=1S/C35H49N3O5/c1-3-21-38(31-9-6-7-10-31)24-32-22-33(29-16-14-28(25-39)15-17-29)43-35(42-32)30-18-12-27(13-19-30)23-37-34(41)11-5-4-8-20-36-26(2)40/h3,12-19,31-33,35,39H,1,4-11,20-25H2,2H3,(H,36,40)(H,37,41)/t32-,33+,35+/m1/s1. The molecule has 3 atom stereocenters. The maximum atomic E-state index is 12.3. The molecule has 8 nitrogen and oxygen atoms in total. The van der Waals surface area contributed by atoms with Gasteiger partial charge in [0.15, 0.2) is 6.29 Å². The third-order valence-corrected chi connectivity index (χ3v) is 8.45. The Bertz CT molecular complexity index is 1150. The molecule has 2 fully saturated rings. The van der Waals surface area contributed by atoms with E-state index >= 15 is 0 Å². The highest BCUT2D eigenvalue weighted by Crippen LogP contribution is 2.38. The lowest BCUT2D eigenvalue weighted by Crippen LogP contribution is -2.43. The minimum Gasteiger partial charge on any atom is -0.392 e. The van der Waals surface area contributed by atoms with Crippen LogP contribution in [0.5, 0.6) is 0 Å². The molecule has 0 spiro atoms. The monoisotopic (exact) mass is 591 g/mol. The summed E-state index contributed by atoms with van der Waals surface area (Å²) in [5.41, 5.74) is 3.93. The van der Waals surface area contributed by atoms with Crippen LogP contribution in [0.25, 0.3) is 0 Å². The Kier molecular flexibility index (Phi) is 13.2. The number of carbonyl (C=O) groups excluding carboxylic acids is 2. The van der Waals surface area contributed by atoms with Gasteiger partial charge in [0.2, 0.25) is 11.8 Å². The molecular weight excluding hydrogens is 542 g/mol. The molecule has 0 radical (unpaired) electrons. The third kappa shape index (κ3) is 10.6. The molecule has 0 aromatic heterocycles. The molecule has 1 heterocycles. The van der Waals surface area contributed by atoms with Crippen LogP contribution in [0.3, 0.4) is 0 Å². The number of hydrogen-bond acceptors (Lipinski definition) is 6. The third-order valence-electron chi connectivity index (χ3n) is 8.45. The molecule has 1 saturated carbocycles. The first kappa shape index (κ1) is 32.9. The maximum Gasteiger partial charge on any atom is 0.220 e. The van der Waals surface area contributed by atoms with Gasteiger partial charge in [-0.2, -0.15) is 0 Å². The second-order valence-corrected chi connectivity index (χ2v) is 11.8. The molecule has 4 rings (SSSR count). The molecule has 2 aromatic rings. The van der Waals surface area contributed by atoms with Crippen LogP contribution in [0.1, 0.15) is 99.4 Å². The van der Waals surface area contributed by atoms with Crippen molar-refractivity contribution in [2.45, 2.75) is 102 Å². The number of ether oxygens (including phenoxy) is 2. The second kappa shape index (κ2) is 17.3. The molecule has 1 saturated heterocycles. The van der Waals surface area contributed by atoms with Crippen LogP contribution < -0.4 is 10.6 Å². The number of nitrogens with zero attached hydrogens (tertiary/aromatic N) is 1. The zero-order chi connectivity index (χ0) is 30.4. The number of aliphatic hydroxyl groups is 1. The summed E-state index contributed by atoms with van der Waals surface area (Å²) in [6.45, 7) is 8.34. The smallest absolute Gasteiger partial charge is 0.220 e. The van der Waals surface area contributed by atoms with Crippen LogP contribution in [-0.2, 0) is 32.2 Å². The molecule has 0 bridgehead atoms. The molecule has 0 unspecified atom stereocenters. The van der Waals surface area contributed by atoms with E-state index in [9.17, 15) is 14.7 Å². The van der Waals surface area contributed by atoms with Crippen LogP contribution in [0, 0.1) is 0 Å². The van der Waals surface area contributed by atoms with E-state index in [0.717, 1.165) is 61.0 Å². The van der Waals surface area contributed by atoms with Crippen molar-refractivity contribution in [2.75, 3.05) is 19.6 Å². The van der Waals surface area contributed by atoms with Crippen LogP contribution in [0.2, 0.25) is 0 Å². The van der Waals surface area contributed by atoms with E-state index in [-0.39, 0.29) is 30.6 Å². The van der Waals surface area contributed by atoms with Crippen LogP contribution in [0.15, 0.2) is 61.2 Å². The predicted molar refractivity (Wildman–Crippen MR) is 168 cm³/mol. The van der Waals surface area contributed by atoms with Crippen LogP contribution in [-0.4, -0.2) is 53.6 Å². The average molecular weight is 592 g/mol. The van der Waals surface area contributed by atoms with Crippen molar-refractivity contribution in [3.05, 3.63) is 83.4 Å². The van der Waals surface area contributed by atoms with Crippen molar-refractivity contribution in [1.82, 2.24) is 15.5 Å². The molecule has 1 aliphatic carbocycles. The maximum absolute atomic E-state index is 12.3. The summed E-state index contributed by atoms with van der Waals surface area (Å²) in [4.78, 5) is 25.8. The van der Waals surface area contributed by atoms with Crippen LogP contribution in [0.4, 0.5) is 0 Å². The highest BCUT2D eigenvalue weighted by atomic mass is 16.7. The Morgan fingerprint density at radius 2 is 1.65 bits per heavy atom. The predicted octanol–water partition coefficient (Wildman–Crippen LogP) is 5.47. The van der Waals surface area contributed by atoms with E-state index in [2.05, 4.69) is 22.1 Å². The first-order chi connectivity index (χ1) is 20.9.